The summed E-state index contributed by atoms with van der Waals surface area (Å²) in [5.74, 6) is 2.03. The fraction of sp³-hybridized carbons (Fsp3) is 0. The molecule has 4 aromatic rings. The van der Waals surface area contributed by atoms with Crippen LogP contribution >= 0.6 is 0 Å². The van der Waals surface area contributed by atoms with Crippen LogP contribution in [-0.4, -0.2) is 9.97 Å². The predicted octanol–water partition coefficient (Wildman–Crippen LogP) is 5.21. The van der Waals surface area contributed by atoms with Crippen LogP contribution < -0.4 is 9.47 Å². The van der Waals surface area contributed by atoms with Crippen LogP contribution in [0.15, 0.2) is 84.9 Å². The molecule has 0 bridgehead atoms. The Morgan fingerprint density at radius 1 is 0.458 bits per heavy atom. The molecule has 3 aromatic carbocycles. The van der Waals surface area contributed by atoms with E-state index in [0.717, 1.165) is 11.0 Å². The highest BCUT2D eigenvalue weighted by Crippen LogP contribution is 2.32. The minimum atomic E-state index is 0.337. The van der Waals surface area contributed by atoms with Gasteiger partial charge in [-0.3, -0.25) is 0 Å². The van der Waals surface area contributed by atoms with Gasteiger partial charge in [0.15, 0.2) is 0 Å². The van der Waals surface area contributed by atoms with Gasteiger partial charge >= 0.3 is 0 Å². The van der Waals surface area contributed by atoms with Crippen LogP contribution in [0.5, 0.6) is 23.3 Å². The van der Waals surface area contributed by atoms with E-state index in [1.807, 2.05) is 84.9 Å². The number of para-hydroxylation sites is 4. The van der Waals surface area contributed by atoms with Crippen LogP contribution in [0.25, 0.3) is 11.0 Å². The van der Waals surface area contributed by atoms with Crippen LogP contribution in [0, 0.1) is 0 Å². The number of rotatable bonds is 4. The van der Waals surface area contributed by atoms with Crippen molar-refractivity contribution >= 4 is 11.0 Å². The predicted molar refractivity (Wildman–Crippen MR) is 92.6 cm³/mol. The van der Waals surface area contributed by atoms with E-state index in [-0.39, 0.29) is 0 Å². The van der Waals surface area contributed by atoms with Gasteiger partial charge in [-0.15, -0.1) is 0 Å². The first-order chi connectivity index (χ1) is 11.9. The average Bonchev–Trinajstić information content (AvgIpc) is 2.64. The zero-order valence-electron chi connectivity index (χ0n) is 12.8. The smallest absolute Gasteiger partial charge is 0.284 e. The second kappa shape index (κ2) is 6.38. The standard InChI is InChI=1S/C20H14N2O2/c1-3-9-15(10-4-1)23-19-20(24-16-11-5-2-6-12-16)22-18-14-8-7-13-17(18)21-19/h1-14H. The van der Waals surface area contributed by atoms with E-state index in [1.165, 1.54) is 0 Å². The summed E-state index contributed by atoms with van der Waals surface area (Å²) in [6, 6.07) is 26.6. The molecular formula is C20H14N2O2. The van der Waals surface area contributed by atoms with Crippen molar-refractivity contribution < 1.29 is 9.47 Å². The van der Waals surface area contributed by atoms with Gasteiger partial charge in [0.1, 0.15) is 11.5 Å². The highest BCUT2D eigenvalue weighted by Gasteiger charge is 2.13. The first-order valence-electron chi connectivity index (χ1n) is 7.61. The molecule has 0 aliphatic rings. The molecule has 0 saturated carbocycles. The molecule has 4 heteroatoms. The van der Waals surface area contributed by atoms with Gasteiger partial charge in [-0.2, -0.15) is 0 Å². The van der Waals surface area contributed by atoms with Crippen molar-refractivity contribution in [3.63, 3.8) is 0 Å². The molecule has 24 heavy (non-hydrogen) atoms. The largest absolute Gasteiger partial charge is 0.435 e. The molecular weight excluding hydrogens is 300 g/mol. The van der Waals surface area contributed by atoms with Gasteiger partial charge in [0.2, 0.25) is 0 Å². The Labute approximate surface area is 139 Å². The Morgan fingerprint density at radius 2 is 0.833 bits per heavy atom. The Balaban J connectivity index is 1.78. The van der Waals surface area contributed by atoms with Crippen molar-refractivity contribution in [2.45, 2.75) is 0 Å². The summed E-state index contributed by atoms with van der Waals surface area (Å²) in [5, 5.41) is 0. The van der Waals surface area contributed by atoms with E-state index in [2.05, 4.69) is 9.97 Å². The lowest BCUT2D eigenvalue weighted by Crippen LogP contribution is -1.97. The van der Waals surface area contributed by atoms with Crippen LogP contribution in [-0.2, 0) is 0 Å². The molecule has 0 unspecified atom stereocenters. The molecule has 0 fully saturated rings. The lowest BCUT2D eigenvalue weighted by molar-refractivity contribution is 0.395. The van der Waals surface area contributed by atoms with E-state index in [1.54, 1.807) is 0 Å². The van der Waals surface area contributed by atoms with Crippen LogP contribution in [0.4, 0.5) is 0 Å². The Morgan fingerprint density at radius 3 is 1.25 bits per heavy atom. The van der Waals surface area contributed by atoms with E-state index < -0.39 is 0 Å². The number of hydrogen-bond donors (Lipinski definition) is 0. The lowest BCUT2D eigenvalue weighted by atomic mass is 10.3. The van der Waals surface area contributed by atoms with E-state index in [9.17, 15) is 0 Å². The molecule has 0 amide bonds. The van der Waals surface area contributed by atoms with Gasteiger partial charge < -0.3 is 9.47 Å². The van der Waals surface area contributed by atoms with Gasteiger partial charge in [0.25, 0.3) is 11.8 Å². The van der Waals surface area contributed by atoms with E-state index in [4.69, 9.17) is 9.47 Å². The Kier molecular flexibility index (Phi) is 3.78. The first kappa shape index (κ1) is 14.2. The van der Waals surface area contributed by atoms with Crippen LogP contribution in [0.3, 0.4) is 0 Å². The summed E-state index contributed by atoms with van der Waals surface area (Å²) in [5.41, 5.74) is 1.51. The van der Waals surface area contributed by atoms with Gasteiger partial charge in [-0.05, 0) is 36.4 Å². The van der Waals surface area contributed by atoms with Gasteiger partial charge in [0, 0.05) is 0 Å². The Hall–Kier alpha value is -3.40. The monoisotopic (exact) mass is 314 g/mol. The number of hydrogen-bond acceptors (Lipinski definition) is 4. The van der Waals surface area contributed by atoms with Gasteiger partial charge in [-0.1, -0.05) is 48.5 Å². The zero-order chi connectivity index (χ0) is 16.2. The minimum absolute atomic E-state index is 0.337. The highest BCUT2D eigenvalue weighted by atomic mass is 16.5. The number of ether oxygens (including phenoxy) is 2. The second-order valence-electron chi connectivity index (χ2n) is 5.15. The summed E-state index contributed by atoms with van der Waals surface area (Å²) in [4.78, 5) is 9.11. The molecule has 0 saturated heterocycles. The van der Waals surface area contributed by atoms with Crippen molar-refractivity contribution in [1.82, 2.24) is 9.97 Å². The third kappa shape index (κ3) is 3.03. The van der Waals surface area contributed by atoms with Crippen molar-refractivity contribution in [3.8, 4) is 23.3 Å². The molecule has 1 heterocycles. The maximum atomic E-state index is 5.89. The molecule has 0 radical (unpaired) electrons. The summed E-state index contributed by atoms with van der Waals surface area (Å²) >= 11 is 0. The van der Waals surface area contributed by atoms with Crippen molar-refractivity contribution in [2.75, 3.05) is 0 Å². The number of nitrogens with zero attached hydrogens (tertiary/aromatic N) is 2. The second-order valence-corrected chi connectivity index (χ2v) is 5.15. The van der Waals surface area contributed by atoms with Gasteiger partial charge in [-0.25, -0.2) is 9.97 Å². The third-order valence-electron chi connectivity index (χ3n) is 3.42. The molecule has 0 aliphatic carbocycles. The van der Waals surface area contributed by atoms with Gasteiger partial charge in [0.05, 0.1) is 11.0 Å². The molecule has 0 atom stereocenters. The molecule has 4 rings (SSSR count). The normalized spacial score (nSPS) is 10.5. The van der Waals surface area contributed by atoms with Crippen LogP contribution in [0.1, 0.15) is 0 Å². The fourth-order valence-electron chi connectivity index (χ4n) is 2.30. The maximum absolute atomic E-state index is 5.89. The lowest BCUT2D eigenvalue weighted by Gasteiger charge is -2.11. The summed E-state index contributed by atoms with van der Waals surface area (Å²) < 4.78 is 11.8. The summed E-state index contributed by atoms with van der Waals surface area (Å²) in [6.45, 7) is 0. The minimum Gasteiger partial charge on any atom is -0.435 e. The Bertz CT molecular complexity index is 877. The molecule has 116 valence electrons. The fourth-order valence-corrected chi connectivity index (χ4v) is 2.30. The first-order valence-corrected chi connectivity index (χ1v) is 7.61. The molecule has 4 nitrogen and oxygen atoms in total. The number of benzene rings is 3. The molecule has 0 N–H and O–H groups in total. The molecule has 0 spiro atoms. The SMILES string of the molecule is c1ccc(Oc2nc3ccccc3nc2Oc2ccccc2)cc1. The molecule has 0 aliphatic heterocycles. The highest BCUT2D eigenvalue weighted by molar-refractivity contribution is 5.75. The summed E-state index contributed by atoms with van der Waals surface area (Å²) in [7, 11) is 0. The third-order valence-corrected chi connectivity index (χ3v) is 3.42. The summed E-state index contributed by atoms with van der Waals surface area (Å²) in [6.07, 6.45) is 0. The topological polar surface area (TPSA) is 44.2 Å². The van der Waals surface area contributed by atoms with E-state index in [0.29, 0.717) is 23.3 Å². The molecule has 1 aromatic heterocycles. The number of fused-ring (bicyclic) bond motifs is 1. The number of aromatic nitrogens is 2. The van der Waals surface area contributed by atoms with Crippen LogP contribution in [0.2, 0.25) is 0 Å². The van der Waals surface area contributed by atoms with E-state index >= 15 is 0 Å². The average molecular weight is 314 g/mol. The zero-order valence-corrected chi connectivity index (χ0v) is 12.8. The van der Waals surface area contributed by atoms with Crippen molar-refractivity contribution in [2.24, 2.45) is 0 Å². The maximum Gasteiger partial charge on any atom is 0.284 e. The van der Waals surface area contributed by atoms with Crippen molar-refractivity contribution in [1.29, 1.82) is 0 Å². The quantitative estimate of drug-likeness (QED) is 0.518. The van der Waals surface area contributed by atoms with Crippen molar-refractivity contribution in [3.05, 3.63) is 84.9 Å².